The maximum absolute atomic E-state index is 6.16. The monoisotopic (exact) mass is 1030 g/mol. The molecule has 390 valence electrons. The molecule has 0 amide bonds. The summed E-state index contributed by atoms with van der Waals surface area (Å²) < 4.78 is 12.3. The predicted molar refractivity (Wildman–Crippen MR) is 333 cm³/mol. The second-order valence-electron chi connectivity index (χ2n) is 21.4. The normalized spacial score (nSPS) is 12.1. The van der Waals surface area contributed by atoms with E-state index in [0.717, 1.165) is 81.4 Å². The van der Waals surface area contributed by atoms with Crippen molar-refractivity contribution in [3.63, 3.8) is 0 Å². The van der Waals surface area contributed by atoms with Crippen molar-refractivity contribution in [3.05, 3.63) is 305 Å². The molecule has 11 rings (SSSR count). The van der Waals surface area contributed by atoms with E-state index < -0.39 is 0 Å². The molecular formula is C75H68N2O2. The molecule has 0 fully saturated rings. The highest BCUT2D eigenvalue weighted by molar-refractivity contribution is 5.86. The van der Waals surface area contributed by atoms with Crippen LogP contribution in [-0.4, -0.2) is 6.61 Å². The van der Waals surface area contributed by atoms with E-state index >= 15 is 0 Å². The first-order chi connectivity index (χ1) is 38.6. The van der Waals surface area contributed by atoms with Gasteiger partial charge in [0.15, 0.2) is 0 Å². The van der Waals surface area contributed by atoms with Crippen molar-refractivity contribution in [2.45, 2.75) is 65.6 Å². The Morgan fingerprint density at radius 3 is 1.30 bits per heavy atom. The molecule has 0 aromatic heterocycles. The largest absolute Gasteiger partial charge is 0.493 e. The molecule has 0 aliphatic heterocycles. The van der Waals surface area contributed by atoms with Gasteiger partial charge in [0, 0.05) is 46.0 Å². The van der Waals surface area contributed by atoms with E-state index in [2.05, 4.69) is 257 Å². The molecule has 0 atom stereocenters. The summed E-state index contributed by atoms with van der Waals surface area (Å²) in [5.74, 6) is 0.869. The van der Waals surface area contributed by atoms with Crippen LogP contribution in [0, 0.1) is 13.8 Å². The summed E-state index contributed by atoms with van der Waals surface area (Å²) in [6, 6.07) is 83.8. The van der Waals surface area contributed by atoms with Crippen LogP contribution in [0.15, 0.2) is 244 Å². The van der Waals surface area contributed by atoms with Crippen molar-refractivity contribution in [2.75, 3.05) is 16.4 Å². The van der Waals surface area contributed by atoms with Crippen molar-refractivity contribution >= 4 is 46.3 Å². The molecule has 1 aliphatic carbocycles. The van der Waals surface area contributed by atoms with Crippen LogP contribution in [0.4, 0.5) is 34.1 Å². The van der Waals surface area contributed by atoms with Gasteiger partial charge in [-0.25, -0.2) is 0 Å². The Morgan fingerprint density at radius 2 is 0.785 bits per heavy atom. The Bertz CT molecular complexity index is 3720. The lowest BCUT2D eigenvalue weighted by Crippen LogP contribution is -2.16. The number of anilines is 6. The highest BCUT2D eigenvalue weighted by Gasteiger charge is 2.35. The first kappa shape index (κ1) is 52.1. The summed E-state index contributed by atoms with van der Waals surface area (Å²) >= 11 is 0. The topological polar surface area (TPSA) is 24.9 Å². The molecule has 0 spiro atoms. The van der Waals surface area contributed by atoms with E-state index in [4.69, 9.17) is 9.47 Å². The van der Waals surface area contributed by atoms with Crippen LogP contribution >= 0.6 is 0 Å². The average molecular weight is 1030 g/mol. The third-order valence-electron chi connectivity index (χ3n) is 15.7. The molecule has 0 saturated carbocycles. The van der Waals surface area contributed by atoms with Gasteiger partial charge in [0.05, 0.1) is 19.8 Å². The second kappa shape index (κ2) is 23.3. The highest BCUT2D eigenvalue weighted by Crippen LogP contribution is 2.50. The summed E-state index contributed by atoms with van der Waals surface area (Å²) in [5.41, 5.74) is 25.3. The van der Waals surface area contributed by atoms with Gasteiger partial charge in [0.2, 0.25) is 0 Å². The molecule has 4 heteroatoms. The number of hydrogen-bond acceptors (Lipinski definition) is 4. The summed E-state index contributed by atoms with van der Waals surface area (Å²) in [6.07, 6.45) is 6.37. The Morgan fingerprint density at radius 1 is 0.380 bits per heavy atom. The van der Waals surface area contributed by atoms with Crippen molar-refractivity contribution < 1.29 is 9.47 Å². The number of benzene rings is 10. The summed E-state index contributed by atoms with van der Waals surface area (Å²) in [5, 5.41) is 0. The van der Waals surface area contributed by atoms with Crippen LogP contribution in [0.3, 0.4) is 0 Å². The second-order valence-corrected chi connectivity index (χ2v) is 21.4. The molecule has 10 aromatic rings. The van der Waals surface area contributed by atoms with E-state index in [1.807, 2.05) is 36.4 Å². The van der Waals surface area contributed by atoms with Gasteiger partial charge in [-0.1, -0.05) is 185 Å². The van der Waals surface area contributed by atoms with Gasteiger partial charge in [-0.05, 0) is 195 Å². The predicted octanol–water partition coefficient (Wildman–Crippen LogP) is 19.6. The number of nitrogens with zero attached hydrogens (tertiary/aromatic N) is 2. The van der Waals surface area contributed by atoms with Gasteiger partial charge >= 0.3 is 0 Å². The molecule has 0 saturated heterocycles. The van der Waals surface area contributed by atoms with Crippen LogP contribution in [0.1, 0.15) is 75.0 Å². The van der Waals surface area contributed by atoms with Gasteiger partial charge in [0.25, 0.3) is 0 Å². The van der Waals surface area contributed by atoms with E-state index in [1.165, 1.54) is 61.2 Å². The number of ether oxygens (including phenoxy) is 2. The number of hydrogen-bond donors (Lipinski definition) is 0. The maximum Gasteiger partial charge on any atom is 0.119 e. The Balaban J connectivity index is 0.815. The van der Waals surface area contributed by atoms with Crippen LogP contribution < -0.4 is 14.5 Å². The molecule has 10 aromatic carbocycles. The lowest BCUT2D eigenvalue weighted by Gasteiger charge is -2.28. The number of aryl methyl sites for hydroxylation is 4. The van der Waals surface area contributed by atoms with E-state index in [1.54, 1.807) is 0 Å². The minimum atomic E-state index is -0.113. The lowest BCUT2D eigenvalue weighted by molar-refractivity contribution is 0.107. The van der Waals surface area contributed by atoms with E-state index in [9.17, 15) is 0 Å². The van der Waals surface area contributed by atoms with Gasteiger partial charge in [-0.15, -0.1) is 0 Å². The van der Waals surface area contributed by atoms with Crippen LogP contribution in [0.25, 0.3) is 34.4 Å². The standard InChI is InChI=1S/C75H68N2O2/c1-7-55-17-21-60(22-18-55)51-78-52-61-29-39-65(40-30-61)76(66-41-45-70(54(4)49-66)69-14-10-9-13-53(69)3)62-33-23-57(24-34-62)19-20-58-25-35-63(36-26-58)77(67-42-46-72-71-15-11-12-16-73(71)75(5,6)74(72)50-67)64-37-27-59(28-38-64)47-48-79-68-43-31-56(8-2)32-44-68/h7-18,21-46,49-50H,1-2,19-20,47-48,51-52H2,3-6H3. The average Bonchev–Trinajstić information content (AvgIpc) is 3.89. The molecule has 0 bridgehead atoms. The quantitative estimate of drug-likeness (QED) is 0.0759. The van der Waals surface area contributed by atoms with Crippen molar-refractivity contribution in [1.29, 1.82) is 0 Å². The fourth-order valence-electron chi connectivity index (χ4n) is 11.2. The Labute approximate surface area is 468 Å². The summed E-state index contributed by atoms with van der Waals surface area (Å²) in [6.45, 7) is 18.5. The van der Waals surface area contributed by atoms with Gasteiger partial charge in [0.1, 0.15) is 5.75 Å². The Hall–Kier alpha value is -8.96. The van der Waals surface area contributed by atoms with Crippen molar-refractivity contribution in [3.8, 4) is 28.0 Å². The summed E-state index contributed by atoms with van der Waals surface area (Å²) in [4.78, 5) is 4.77. The van der Waals surface area contributed by atoms with E-state index in [-0.39, 0.29) is 5.41 Å². The lowest BCUT2D eigenvalue weighted by atomic mass is 9.82. The number of rotatable bonds is 20. The highest BCUT2D eigenvalue weighted by atomic mass is 16.5. The zero-order valence-electron chi connectivity index (χ0n) is 46.0. The first-order valence-corrected chi connectivity index (χ1v) is 27.6. The molecule has 0 radical (unpaired) electrons. The molecule has 0 unspecified atom stereocenters. The van der Waals surface area contributed by atoms with Gasteiger partial charge < -0.3 is 19.3 Å². The third kappa shape index (κ3) is 11.5. The fourth-order valence-corrected chi connectivity index (χ4v) is 11.2. The minimum absolute atomic E-state index is 0.113. The molecule has 1 aliphatic rings. The third-order valence-corrected chi connectivity index (χ3v) is 15.7. The number of fused-ring (bicyclic) bond motifs is 3. The summed E-state index contributed by atoms with van der Waals surface area (Å²) in [7, 11) is 0. The van der Waals surface area contributed by atoms with Crippen LogP contribution in [-0.2, 0) is 42.6 Å². The van der Waals surface area contributed by atoms with Crippen LogP contribution in [0.2, 0.25) is 0 Å². The van der Waals surface area contributed by atoms with Gasteiger partial charge in [-0.3, -0.25) is 0 Å². The Kier molecular flexibility index (Phi) is 15.4. The smallest absolute Gasteiger partial charge is 0.119 e. The van der Waals surface area contributed by atoms with Crippen LogP contribution in [0.5, 0.6) is 5.75 Å². The van der Waals surface area contributed by atoms with E-state index in [0.29, 0.717) is 19.8 Å². The zero-order valence-corrected chi connectivity index (χ0v) is 46.0. The fraction of sp³-hybridized carbons (Fsp3) is 0.147. The molecule has 4 nitrogen and oxygen atoms in total. The SMILES string of the molecule is C=Cc1ccc(COCc2ccc(N(c3ccc(CCc4ccc(N(c5ccc(CCOc6ccc(C=C)cc6)cc5)c5ccc6c(c5)C(C)(C)c5ccccc5-6)cc4)cc3)c3ccc(-c4ccccc4C)c(C)c3)cc2)cc1. The molecule has 0 heterocycles. The molecular weight excluding hydrogens is 961 g/mol. The van der Waals surface area contributed by atoms with Crippen molar-refractivity contribution in [1.82, 2.24) is 0 Å². The van der Waals surface area contributed by atoms with Gasteiger partial charge in [-0.2, -0.15) is 0 Å². The molecule has 79 heavy (non-hydrogen) atoms. The maximum atomic E-state index is 6.16. The zero-order chi connectivity index (χ0) is 54.3. The molecule has 0 N–H and O–H groups in total. The van der Waals surface area contributed by atoms with Crippen molar-refractivity contribution in [2.24, 2.45) is 0 Å². The first-order valence-electron chi connectivity index (χ1n) is 27.6. The minimum Gasteiger partial charge on any atom is -0.493 e.